The number of nitriles is 1. The van der Waals surface area contributed by atoms with E-state index in [1.54, 1.807) is 6.07 Å². The predicted octanol–water partition coefficient (Wildman–Crippen LogP) is 5.30. The third kappa shape index (κ3) is 4.61. The maximum Gasteiger partial charge on any atom is 0.166 e. The molecule has 184 valence electrons. The molecule has 1 aliphatic rings. The van der Waals surface area contributed by atoms with Crippen molar-refractivity contribution in [1.29, 1.82) is 5.26 Å². The van der Waals surface area contributed by atoms with Crippen LogP contribution in [0.5, 0.6) is 0 Å². The van der Waals surface area contributed by atoms with Crippen LogP contribution in [-0.4, -0.2) is 12.8 Å². The number of hydrazine groups is 2. The van der Waals surface area contributed by atoms with Crippen molar-refractivity contribution < 1.29 is 4.39 Å². The van der Waals surface area contributed by atoms with Gasteiger partial charge < -0.3 is 21.5 Å². The fourth-order valence-electron chi connectivity index (χ4n) is 4.18. The third-order valence-corrected chi connectivity index (χ3v) is 7.18. The summed E-state index contributed by atoms with van der Waals surface area (Å²) < 4.78 is 14.9. The van der Waals surface area contributed by atoms with Crippen molar-refractivity contribution in [2.45, 2.75) is 5.44 Å². The molecule has 0 spiro atoms. The fraction of sp³-hybridized carbons (Fsp3) is 0.0400. The number of rotatable bonds is 6. The lowest BCUT2D eigenvalue weighted by atomic mass is 9.69. The first kappa shape index (κ1) is 25.0. The number of nitrogens with zero attached hydrogens (tertiary/aromatic N) is 2. The number of hydrogen-bond donors (Lipinski definition) is 5. The van der Waals surface area contributed by atoms with E-state index in [-0.39, 0.29) is 21.3 Å². The summed E-state index contributed by atoms with van der Waals surface area (Å²) >= 11 is 18.6. The molecule has 0 bridgehead atoms. The molecule has 2 heterocycles. The van der Waals surface area contributed by atoms with E-state index in [0.717, 1.165) is 11.3 Å². The van der Waals surface area contributed by atoms with Gasteiger partial charge in [-0.05, 0) is 29.8 Å². The topological polar surface area (TPSA) is 96.8 Å². The van der Waals surface area contributed by atoms with E-state index < -0.39 is 11.3 Å². The van der Waals surface area contributed by atoms with Gasteiger partial charge in [0.05, 0.1) is 48.7 Å². The summed E-state index contributed by atoms with van der Waals surface area (Å²) in [7, 11) is 2.02. The summed E-state index contributed by atoms with van der Waals surface area (Å²) in [5, 5.41) is 17.1. The molecule has 37 heavy (non-hydrogen) atoms. The first-order valence-electron chi connectivity index (χ1n) is 11.1. The Balaban J connectivity index is 1.65. The average molecular weight is 553 g/mol. The molecule has 1 aliphatic heterocycles. The average Bonchev–Trinajstić information content (AvgIpc) is 3.46. The van der Waals surface area contributed by atoms with Gasteiger partial charge in [-0.3, -0.25) is 4.98 Å². The largest absolute Gasteiger partial charge is 0.378 e. The Labute approximate surface area is 228 Å². The first-order valence-corrected chi connectivity index (χ1v) is 12.2. The molecular formula is C25H18BCl3FN7. The SMILES string of the molecule is BC(Nc1cc(Cl)c2ncc(C#N)c(Nc3ccc(Cl)c(Cl)c3F)c2c1)(C1=CNNN1)c1ccccc1. The molecule has 0 saturated carbocycles. The van der Waals surface area contributed by atoms with Crippen molar-refractivity contribution in [3.05, 3.63) is 105 Å². The van der Waals surface area contributed by atoms with Crippen LogP contribution in [0.25, 0.3) is 10.9 Å². The van der Waals surface area contributed by atoms with Crippen LogP contribution < -0.4 is 27.0 Å². The molecule has 1 unspecified atom stereocenters. The van der Waals surface area contributed by atoms with E-state index in [2.05, 4.69) is 38.1 Å². The van der Waals surface area contributed by atoms with Crippen LogP contribution in [0, 0.1) is 17.1 Å². The highest BCUT2D eigenvalue weighted by Crippen LogP contribution is 2.39. The van der Waals surface area contributed by atoms with Gasteiger partial charge in [0.1, 0.15) is 13.9 Å². The molecule has 5 N–H and O–H groups in total. The minimum absolute atomic E-state index is 0.0551. The molecule has 0 aliphatic carbocycles. The van der Waals surface area contributed by atoms with Gasteiger partial charge in [0.2, 0.25) is 0 Å². The van der Waals surface area contributed by atoms with Gasteiger partial charge in [-0.15, -0.1) is 0 Å². The van der Waals surface area contributed by atoms with Gasteiger partial charge >= 0.3 is 0 Å². The summed E-state index contributed by atoms with van der Waals surface area (Å²) in [4.78, 5) is 4.37. The highest BCUT2D eigenvalue weighted by Gasteiger charge is 2.33. The summed E-state index contributed by atoms with van der Waals surface area (Å²) in [5.41, 5.74) is 11.7. The van der Waals surface area contributed by atoms with E-state index in [9.17, 15) is 9.65 Å². The van der Waals surface area contributed by atoms with Gasteiger partial charge in [-0.2, -0.15) is 10.8 Å². The second kappa shape index (κ2) is 10.00. The van der Waals surface area contributed by atoms with E-state index >= 15 is 0 Å². The highest BCUT2D eigenvalue weighted by molar-refractivity contribution is 6.42. The van der Waals surface area contributed by atoms with E-state index in [1.165, 1.54) is 18.3 Å². The van der Waals surface area contributed by atoms with Crippen LogP contribution >= 0.6 is 34.8 Å². The Hall–Kier alpha value is -3.68. The summed E-state index contributed by atoms with van der Waals surface area (Å²) in [6.45, 7) is 0. The summed E-state index contributed by atoms with van der Waals surface area (Å²) in [5.74, 6) is -0.737. The van der Waals surface area contributed by atoms with Gasteiger partial charge in [-0.1, -0.05) is 65.1 Å². The Morgan fingerprint density at radius 2 is 1.84 bits per heavy atom. The molecule has 0 radical (unpaired) electrons. The zero-order valence-electron chi connectivity index (χ0n) is 19.3. The summed E-state index contributed by atoms with van der Waals surface area (Å²) in [6.07, 6.45) is 3.20. The van der Waals surface area contributed by atoms with Crippen molar-refractivity contribution >= 4 is 70.6 Å². The number of benzene rings is 3. The van der Waals surface area contributed by atoms with Crippen molar-refractivity contribution in [3.63, 3.8) is 0 Å². The number of hydrogen-bond acceptors (Lipinski definition) is 7. The predicted molar refractivity (Wildman–Crippen MR) is 149 cm³/mol. The normalized spacial score (nSPS) is 14.2. The first-order chi connectivity index (χ1) is 17.8. The Bertz CT molecular complexity index is 1590. The zero-order chi connectivity index (χ0) is 26.2. The zero-order valence-corrected chi connectivity index (χ0v) is 21.5. The third-order valence-electron chi connectivity index (χ3n) is 6.11. The minimum atomic E-state index is -0.737. The summed E-state index contributed by atoms with van der Waals surface area (Å²) in [6, 6.07) is 18.5. The molecule has 0 amide bonds. The van der Waals surface area contributed by atoms with Crippen molar-refractivity contribution in [2.24, 2.45) is 0 Å². The lowest BCUT2D eigenvalue weighted by Crippen LogP contribution is -2.44. The standard InChI is InChI=1S/C25H18BCl3FN7/c26-25(20-12-33-37-36-20,14-4-2-1-3-5-14)35-15-8-16-23(13(10-31)11-32-24(16)18(28)9-15)34-19-7-6-17(27)21(29)22(19)30/h1-9,11-12,33,35-37H,26H2,(H,32,34). The molecular weight excluding hydrogens is 534 g/mol. The van der Waals surface area contributed by atoms with Crippen LogP contribution in [0.1, 0.15) is 11.1 Å². The second-order valence-corrected chi connectivity index (χ2v) is 9.62. The number of fused-ring (bicyclic) bond motifs is 1. The van der Waals surface area contributed by atoms with Crippen LogP contribution in [0.15, 0.2) is 72.7 Å². The maximum absolute atomic E-state index is 14.9. The monoisotopic (exact) mass is 551 g/mol. The minimum Gasteiger partial charge on any atom is -0.378 e. The lowest BCUT2D eigenvalue weighted by Gasteiger charge is -2.34. The van der Waals surface area contributed by atoms with Crippen molar-refractivity contribution in [3.8, 4) is 6.07 Å². The van der Waals surface area contributed by atoms with Crippen LogP contribution in [0.2, 0.25) is 15.1 Å². The van der Waals surface area contributed by atoms with Gasteiger partial charge in [0.25, 0.3) is 0 Å². The molecule has 1 aromatic heterocycles. The van der Waals surface area contributed by atoms with Crippen molar-refractivity contribution in [1.82, 2.24) is 21.4 Å². The molecule has 4 aromatic rings. The maximum atomic E-state index is 14.9. The molecule has 1 atom stereocenters. The highest BCUT2D eigenvalue weighted by atomic mass is 35.5. The molecule has 0 fully saturated rings. The number of pyridine rings is 1. The number of anilines is 3. The van der Waals surface area contributed by atoms with Gasteiger partial charge in [0.15, 0.2) is 5.82 Å². The molecule has 12 heteroatoms. The Morgan fingerprint density at radius 3 is 2.54 bits per heavy atom. The Kier molecular flexibility index (Phi) is 6.75. The van der Waals surface area contributed by atoms with E-state index in [0.29, 0.717) is 27.3 Å². The molecule has 7 nitrogen and oxygen atoms in total. The molecule has 3 aromatic carbocycles. The second-order valence-electron chi connectivity index (χ2n) is 8.43. The Morgan fingerprint density at radius 1 is 1.05 bits per heavy atom. The van der Waals surface area contributed by atoms with Gasteiger partial charge in [-0.25, -0.2) is 4.39 Å². The van der Waals surface area contributed by atoms with Crippen LogP contribution in [0.4, 0.5) is 21.5 Å². The van der Waals surface area contributed by atoms with Crippen molar-refractivity contribution in [2.75, 3.05) is 10.6 Å². The van der Waals surface area contributed by atoms with E-state index in [4.69, 9.17) is 34.8 Å². The lowest BCUT2D eigenvalue weighted by molar-refractivity contribution is 0.572. The number of aromatic nitrogens is 1. The van der Waals surface area contributed by atoms with Crippen LogP contribution in [0.3, 0.4) is 0 Å². The van der Waals surface area contributed by atoms with E-state index in [1.807, 2.05) is 50.4 Å². The quantitative estimate of drug-likeness (QED) is 0.164. The smallest absolute Gasteiger partial charge is 0.166 e. The fourth-order valence-corrected chi connectivity index (χ4v) is 4.76. The number of halogens is 4. The van der Waals surface area contributed by atoms with Crippen LogP contribution in [-0.2, 0) is 5.44 Å². The molecule has 5 rings (SSSR count). The number of nitrogens with one attached hydrogen (secondary N) is 5. The van der Waals surface area contributed by atoms with Gasteiger partial charge in [0, 0.05) is 23.5 Å². The molecule has 0 saturated heterocycles.